The standard InChI is InChI=1S/C8H6ClF3O2/c9-6-3-5(13)1-2-7(6)14-4-8(10,11)12/h1-3,13H,4H2. The van der Waals surface area contributed by atoms with Crippen molar-refractivity contribution < 1.29 is 23.0 Å². The molecule has 0 aliphatic heterocycles. The first kappa shape index (κ1) is 11.0. The average Bonchev–Trinajstić information content (AvgIpc) is 2.00. The maximum Gasteiger partial charge on any atom is 0.422 e. The van der Waals surface area contributed by atoms with E-state index in [0.717, 1.165) is 6.07 Å². The Labute approximate surface area is 82.9 Å². The smallest absolute Gasteiger partial charge is 0.422 e. The first-order chi connectivity index (χ1) is 6.38. The van der Waals surface area contributed by atoms with E-state index in [1.54, 1.807) is 0 Å². The van der Waals surface area contributed by atoms with Gasteiger partial charge in [-0.2, -0.15) is 13.2 Å². The number of ether oxygens (including phenoxy) is 1. The lowest BCUT2D eigenvalue weighted by molar-refractivity contribution is -0.153. The molecule has 0 atom stereocenters. The summed E-state index contributed by atoms with van der Waals surface area (Å²) in [7, 11) is 0. The van der Waals surface area contributed by atoms with Crippen molar-refractivity contribution in [3.8, 4) is 11.5 Å². The number of hydrogen-bond acceptors (Lipinski definition) is 2. The summed E-state index contributed by atoms with van der Waals surface area (Å²) in [6, 6.07) is 3.47. The van der Waals surface area contributed by atoms with Crippen LogP contribution in [0.15, 0.2) is 18.2 Å². The minimum atomic E-state index is -4.40. The van der Waals surface area contributed by atoms with Gasteiger partial charge >= 0.3 is 6.18 Å². The third-order valence-corrected chi connectivity index (χ3v) is 1.60. The Kier molecular flexibility index (Phi) is 3.10. The number of benzene rings is 1. The van der Waals surface area contributed by atoms with E-state index in [9.17, 15) is 13.2 Å². The van der Waals surface area contributed by atoms with Crippen LogP contribution in [-0.4, -0.2) is 17.9 Å². The Hall–Kier alpha value is -1.10. The van der Waals surface area contributed by atoms with Gasteiger partial charge in [0.05, 0.1) is 5.02 Å². The molecule has 0 heterocycles. The molecule has 0 spiro atoms. The lowest BCUT2D eigenvalue weighted by atomic mass is 10.3. The predicted octanol–water partition coefficient (Wildman–Crippen LogP) is 2.99. The number of hydrogen-bond donors (Lipinski definition) is 1. The van der Waals surface area contributed by atoms with Gasteiger partial charge in [0.1, 0.15) is 11.5 Å². The molecule has 2 nitrogen and oxygen atoms in total. The van der Waals surface area contributed by atoms with Crippen molar-refractivity contribution in [3.05, 3.63) is 23.2 Å². The minimum absolute atomic E-state index is 0.0609. The highest BCUT2D eigenvalue weighted by molar-refractivity contribution is 6.32. The quantitative estimate of drug-likeness (QED) is 0.840. The van der Waals surface area contributed by atoms with Gasteiger partial charge in [-0.1, -0.05) is 11.6 Å². The highest BCUT2D eigenvalue weighted by atomic mass is 35.5. The predicted molar refractivity (Wildman–Crippen MR) is 44.7 cm³/mol. The Bertz CT molecular complexity index is 325. The van der Waals surface area contributed by atoms with E-state index in [4.69, 9.17) is 16.7 Å². The van der Waals surface area contributed by atoms with Gasteiger partial charge in [-0.3, -0.25) is 0 Å². The summed E-state index contributed by atoms with van der Waals surface area (Å²) in [4.78, 5) is 0. The second-order valence-electron chi connectivity index (χ2n) is 2.52. The van der Waals surface area contributed by atoms with Gasteiger partial charge in [-0.25, -0.2) is 0 Å². The number of rotatable bonds is 2. The van der Waals surface area contributed by atoms with Crippen molar-refractivity contribution >= 4 is 11.6 Å². The fourth-order valence-electron chi connectivity index (χ4n) is 0.766. The maximum absolute atomic E-state index is 11.7. The van der Waals surface area contributed by atoms with Crippen LogP contribution in [0.3, 0.4) is 0 Å². The van der Waals surface area contributed by atoms with Crippen LogP contribution in [-0.2, 0) is 0 Å². The van der Waals surface area contributed by atoms with Gasteiger partial charge in [0.15, 0.2) is 6.61 Å². The number of phenolic OH excluding ortho intramolecular Hbond substituents is 1. The van der Waals surface area contributed by atoms with Crippen molar-refractivity contribution in [3.63, 3.8) is 0 Å². The molecule has 0 saturated heterocycles. The van der Waals surface area contributed by atoms with Crippen LogP contribution in [0.25, 0.3) is 0 Å². The molecule has 0 saturated carbocycles. The van der Waals surface area contributed by atoms with Crippen molar-refractivity contribution in [1.82, 2.24) is 0 Å². The largest absolute Gasteiger partial charge is 0.508 e. The SMILES string of the molecule is Oc1ccc(OCC(F)(F)F)c(Cl)c1. The molecule has 78 valence electrons. The van der Waals surface area contributed by atoms with E-state index in [-0.39, 0.29) is 16.5 Å². The summed E-state index contributed by atoms with van der Waals surface area (Å²) < 4.78 is 39.6. The molecule has 0 unspecified atom stereocenters. The molecule has 0 bridgehead atoms. The molecule has 6 heteroatoms. The second-order valence-corrected chi connectivity index (χ2v) is 2.93. The van der Waals surface area contributed by atoms with Crippen molar-refractivity contribution in [1.29, 1.82) is 0 Å². The van der Waals surface area contributed by atoms with E-state index in [0.29, 0.717) is 0 Å². The molecule has 0 aliphatic carbocycles. The van der Waals surface area contributed by atoms with Crippen LogP contribution >= 0.6 is 11.6 Å². The van der Waals surface area contributed by atoms with Crippen LogP contribution in [0.1, 0.15) is 0 Å². The van der Waals surface area contributed by atoms with Gasteiger partial charge < -0.3 is 9.84 Å². The first-order valence-electron chi connectivity index (χ1n) is 3.56. The lowest BCUT2D eigenvalue weighted by Crippen LogP contribution is -2.19. The first-order valence-corrected chi connectivity index (χ1v) is 3.94. The lowest BCUT2D eigenvalue weighted by Gasteiger charge is -2.10. The van der Waals surface area contributed by atoms with E-state index in [2.05, 4.69) is 4.74 Å². The van der Waals surface area contributed by atoms with Gasteiger partial charge in [0.25, 0.3) is 0 Å². The van der Waals surface area contributed by atoms with Crippen LogP contribution in [0.5, 0.6) is 11.5 Å². The summed E-state index contributed by atoms with van der Waals surface area (Å²) in [6.07, 6.45) is -4.40. The number of aromatic hydroxyl groups is 1. The second kappa shape index (κ2) is 3.96. The van der Waals surface area contributed by atoms with Gasteiger partial charge in [-0.05, 0) is 12.1 Å². The van der Waals surface area contributed by atoms with Crippen LogP contribution < -0.4 is 4.74 Å². The summed E-state index contributed by atoms with van der Waals surface area (Å²) in [5.41, 5.74) is 0. The van der Waals surface area contributed by atoms with Crippen LogP contribution in [0, 0.1) is 0 Å². The molecule has 0 amide bonds. The maximum atomic E-state index is 11.7. The topological polar surface area (TPSA) is 29.5 Å². The normalized spacial score (nSPS) is 11.4. The Morgan fingerprint density at radius 3 is 2.50 bits per heavy atom. The molecular formula is C8H6ClF3O2. The van der Waals surface area contributed by atoms with E-state index in [1.165, 1.54) is 12.1 Å². The minimum Gasteiger partial charge on any atom is -0.508 e. The molecule has 1 N–H and O–H groups in total. The molecule has 1 aromatic rings. The summed E-state index contributed by atoms with van der Waals surface area (Å²) in [5.74, 6) is -0.240. The third kappa shape index (κ3) is 3.33. The molecule has 0 fully saturated rings. The third-order valence-electron chi connectivity index (χ3n) is 1.31. The number of alkyl halides is 3. The van der Waals surface area contributed by atoms with Crippen LogP contribution in [0.4, 0.5) is 13.2 Å². The van der Waals surface area contributed by atoms with Crippen molar-refractivity contribution in [2.75, 3.05) is 6.61 Å². The zero-order valence-electron chi connectivity index (χ0n) is 6.81. The molecular weight excluding hydrogens is 221 g/mol. The molecule has 1 rings (SSSR count). The van der Waals surface area contributed by atoms with Gasteiger partial charge in [0.2, 0.25) is 0 Å². The molecule has 0 radical (unpaired) electrons. The highest BCUT2D eigenvalue weighted by Crippen LogP contribution is 2.29. The zero-order valence-corrected chi connectivity index (χ0v) is 7.56. The Balaban J connectivity index is 2.68. The van der Waals surface area contributed by atoms with Crippen LogP contribution in [0.2, 0.25) is 5.02 Å². The molecule has 14 heavy (non-hydrogen) atoms. The van der Waals surface area contributed by atoms with E-state index in [1.807, 2.05) is 0 Å². The summed E-state index contributed by atoms with van der Waals surface area (Å²) >= 11 is 5.51. The fraction of sp³-hybridized carbons (Fsp3) is 0.250. The monoisotopic (exact) mass is 226 g/mol. The van der Waals surface area contributed by atoms with Crippen molar-refractivity contribution in [2.45, 2.75) is 6.18 Å². The number of halogens is 4. The highest BCUT2D eigenvalue weighted by Gasteiger charge is 2.28. The van der Waals surface area contributed by atoms with E-state index < -0.39 is 12.8 Å². The molecule has 0 aliphatic rings. The average molecular weight is 227 g/mol. The van der Waals surface area contributed by atoms with E-state index >= 15 is 0 Å². The Morgan fingerprint density at radius 1 is 1.36 bits per heavy atom. The fourth-order valence-corrected chi connectivity index (χ4v) is 0.996. The molecule has 1 aromatic carbocycles. The summed E-state index contributed by atoms with van der Waals surface area (Å²) in [5, 5.41) is 8.84. The summed E-state index contributed by atoms with van der Waals surface area (Å²) in [6.45, 7) is -1.41. The molecule has 0 aromatic heterocycles. The zero-order chi connectivity index (χ0) is 10.8. The van der Waals surface area contributed by atoms with Gasteiger partial charge in [0, 0.05) is 6.07 Å². The van der Waals surface area contributed by atoms with Crippen molar-refractivity contribution in [2.24, 2.45) is 0 Å². The number of phenols is 1. The Morgan fingerprint density at radius 2 is 2.00 bits per heavy atom. The van der Waals surface area contributed by atoms with Gasteiger partial charge in [-0.15, -0.1) is 0 Å².